The van der Waals surface area contributed by atoms with Crippen LogP contribution in [0, 0.1) is 16.0 Å². The van der Waals surface area contributed by atoms with Gasteiger partial charge in [-0.15, -0.1) is 0 Å². The molecule has 0 bridgehead atoms. The molecule has 3 N–H and O–H groups in total. The summed E-state index contributed by atoms with van der Waals surface area (Å²) in [6.07, 6.45) is 2.27. The molecule has 98 valence electrons. The predicted molar refractivity (Wildman–Crippen MR) is 66.6 cm³/mol. The van der Waals surface area contributed by atoms with Gasteiger partial charge < -0.3 is 15.8 Å². The van der Waals surface area contributed by atoms with Crippen LogP contribution < -0.4 is 15.8 Å². The van der Waals surface area contributed by atoms with Gasteiger partial charge in [0.05, 0.1) is 12.0 Å². The highest BCUT2D eigenvalue weighted by Gasteiger charge is 2.28. The average Bonchev–Trinajstić information content (AvgIpc) is 3.19. The molecule has 0 saturated heterocycles. The van der Waals surface area contributed by atoms with Crippen molar-refractivity contribution < 1.29 is 9.66 Å². The van der Waals surface area contributed by atoms with Crippen molar-refractivity contribution in [2.45, 2.75) is 18.9 Å². The first kappa shape index (κ1) is 12.6. The lowest BCUT2D eigenvalue weighted by atomic mass is 10.2. The van der Waals surface area contributed by atoms with Gasteiger partial charge in [0.2, 0.25) is 11.7 Å². The third kappa shape index (κ3) is 2.86. The van der Waals surface area contributed by atoms with Gasteiger partial charge in [-0.05, 0) is 18.8 Å². The lowest BCUT2D eigenvalue weighted by Crippen LogP contribution is -2.31. The minimum atomic E-state index is -0.475. The van der Waals surface area contributed by atoms with Gasteiger partial charge in [-0.2, -0.15) is 4.98 Å². The van der Waals surface area contributed by atoms with Crippen molar-refractivity contribution in [3.63, 3.8) is 0 Å². The zero-order valence-electron chi connectivity index (χ0n) is 10.1. The molecule has 1 aromatic heterocycles. The van der Waals surface area contributed by atoms with Crippen molar-refractivity contribution in [1.82, 2.24) is 4.98 Å². The second kappa shape index (κ2) is 5.18. The lowest BCUT2D eigenvalue weighted by molar-refractivity contribution is -0.384. The molecule has 2 rings (SSSR count). The maximum absolute atomic E-state index is 10.9. The first-order valence-electron chi connectivity index (χ1n) is 5.80. The monoisotopic (exact) mass is 252 g/mol. The molecular weight excluding hydrogens is 236 g/mol. The van der Waals surface area contributed by atoms with Crippen LogP contribution in [0.1, 0.15) is 12.8 Å². The van der Waals surface area contributed by atoms with Gasteiger partial charge >= 0.3 is 5.69 Å². The van der Waals surface area contributed by atoms with Gasteiger partial charge in [-0.25, -0.2) is 0 Å². The topological polar surface area (TPSA) is 103 Å². The smallest absolute Gasteiger partial charge is 0.311 e. The molecule has 1 unspecified atom stereocenters. The van der Waals surface area contributed by atoms with E-state index < -0.39 is 4.92 Å². The summed E-state index contributed by atoms with van der Waals surface area (Å²) in [5, 5.41) is 13.8. The first-order chi connectivity index (χ1) is 8.61. The van der Waals surface area contributed by atoms with Crippen LogP contribution in [0.3, 0.4) is 0 Å². The largest absolute Gasteiger partial charge is 0.481 e. The van der Waals surface area contributed by atoms with E-state index in [1.165, 1.54) is 19.2 Å². The molecule has 0 radical (unpaired) electrons. The Kier molecular flexibility index (Phi) is 3.61. The van der Waals surface area contributed by atoms with Gasteiger partial charge in [0, 0.05) is 24.7 Å². The van der Waals surface area contributed by atoms with Crippen LogP contribution in [0.4, 0.5) is 11.5 Å². The molecule has 1 aliphatic rings. The molecule has 18 heavy (non-hydrogen) atoms. The Balaban J connectivity index is 2.09. The van der Waals surface area contributed by atoms with E-state index in [0.29, 0.717) is 18.3 Å². The number of pyridine rings is 1. The molecule has 0 amide bonds. The minimum absolute atomic E-state index is 0.0117. The molecule has 0 aliphatic heterocycles. The molecule has 1 atom stereocenters. The molecule has 0 aromatic carbocycles. The highest BCUT2D eigenvalue weighted by atomic mass is 16.6. The molecule has 1 aliphatic carbocycles. The van der Waals surface area contributed by atoms with Crippen molar-refractivity contribution in [2.24, 2.45) is 11.7 Å². The summed E-state index contributed by atoms with van der Waals surface area (Å²) in [5.74, 6) is 1.07. The van der Waals surface area contributed by atoms with Crippen molar-refractivity contribution >= 4 is 11.5 Å². The minimum Gasteiger partial charge on any atom is -0.481 e. The predicted octanol–water partition coefficient (Wildman–Crippen LogP) is 1.15. The summed E-state index contributed by atoms with van der Waals surface area (Å²) >= 11 is 0. The maximum Gasteiger partial charge on any atom is 0.311 e. The average molecular weight is 252 g/mol. The van der Waals surface area contributed by atoms with Gasteiger partial charge in [0.25, 0.3) is 0 Å². The van der Waals surface area contributed by atoms with E-state index in [0.717, 1.165) is 12.8 Å². The number of nitrogens with two attached hydrogens (primary N) is 1. The third-order valence-corrected chi connectivity index (χ3v) is 2.99. The molecule has 1 aromatic rings. The SMILES string of the molecule is COc1ccc([N+](=O)[O-])c(NCC(N)C2CC2)n1. The van der Waals surface area contributed by atoms with Crippen molar-refractivity contribution in [3.8, 4) is 5.88 Å². The van der Waals surface area contributed by atoms with Crippen LogP contribution in [0.2, 0.25) is 0 Å². The Morgan fingerprint density at radius 1 is 1.67 bits per heavy atom. The number of ether oxygens (including phenoxy) is 1. The van der Waals surface area contributed by atoms with Crippen molar-refractivity contribution in [2.75, 3.05) is 19.0 Å². The molecular formula is C11H16N4O3. The van der Waals surface area contributed by atoms with E-state index in [-0.39, 0.29) is 17.5 Å². The number of methoxy groups -OCH3 is 1. The van der Waals surface area contributed by atoms with Crippen LogP contribution in [0.15, 0.2) is 12.1 Å². The quantitative estimate of drug-likeness (QED) is 0.581. The second-order valence-corrected chi connectivity index (χ2v) is 4.36. The molecule has 7 nitrogen and oxygen atoms in total. The van der Waals surface area contributed by atoms with E-state index in [9.17, 15) is 10.1 Å². The zero-order chi connectivity index (χ0) is 13.1. The summed E-state index contributed by atoms with van der Waals surface area (Å²) in [5.41, 5.74) is 5.86. The summed E-state index contributed by atoms with van der Waals surface area (Å²) in [6, 6.07) is 2.85. The van der Waals surface area contributed by atoms with Crippen LogP contribution in [0.5, 0.6) is 5.88 Å². The van der Waals surface area contributed by atoms with Gasteiger partial charge in [-0.1, -0.05) is 0 Å². The summed E-state index contributed by atoms with van der Waals surface area (Å²) in [6.45, 7) is 0.478. The number of rotatable bonds is 6. The summed E-state index contributed by atoms with van der Waals surface area (Å²) in [7, 11) is 1.47. The van der Waals surface area contributed by atoms with Crippen LogP contribution in [0.25, 0.3) is 0 Å². The molecule has 0 spiro atoms. The van der Waals surface area contributed by atoms with Crippen LogP contribution in [-0.4, -0.2) is 29.6 Å². The van der Waals surface area contributed by atoms with E-state index in [2.05, 4.69) is 10.3 Å². The Labute approximate surface area is 104 Å². The van der Waals surface area contributed by atoms with Gasteiger partial charge in [0.1, 0.15) is 0 Å². The van der Waals surface area contributed by atoms with E-state index in [4.69, 9.17) is 10.5 Å². The standard InChI is InChI=1S/C11H16N4O3/c1-18-10-5-4-9(15(16)17)11(14-10)13-6-8(12)7-2-3-7/h4-5,7-8H,2-3,6,12H2,1H3,(H,13,14). The van der Waals surface area contributed by atoms with Gasteiger partial charge in [-0.3, -0.25) is 10.1 Å². The number of nitro groups is 1. The number of hydrogen-bond acceptors (Lipinski definition) is 6. The normalized spacial score (nSPS) is 16.1. The Bertz CT molecular complexity index is 448. The Hall–Kier alpha value is -1.89. The van der Waals surface area contributed by atoms with E-state index >= 15 is 0 Å². The summed E-state index contributed by atoms with van der Waals surface area (Å²) < 4.78 is 4.95. The fourth-order valence-electron chi connectivity index (χ4n) is 1.73. The highest BCUT2D eigenvalue weighted by Crippen LogP contribution is 2.32. The second-order valence-electron chi connectivity index (χ2n) is 4.36. The fraction of sp³-hybridized carbons (Fsp3) is 0.545. The van der Waals surface area contributed by atoms with Gasteiger partial charge in [0.15, 0.2) is 0 Å². The molecule has 7 heteroatoms. The maximum atomic E-state index is 10.9. The zero-order valence-corrected chi connectivity index (χ0v) is 10.1. The number of aromatic nitrogens is 1. The molecule has 1 saturated carbocycles. The number of anilines is 1. The van der Waals surface area contributed by atoms with Crippen molar-refractivity contribution in [3.05, 3.63) is 22.2 Å². The number of nitrogens with zero attached hydrogens (tertiary/aromatic N) is 2. The van der Waals surface area contributed by atoms with Crippen LogP contribution in [-0.2, 0) is 0 Å². The fourth-order valence-corrected chi connectivity index (χ4v) is 1.73. The molecule has 1 heterocycles. The van der Waals surface area contributed by atoms with Crippen molar-refractivity contribution in [1.29, 1.82) is 0 Å². The van der Waals surface area contributed by atoms with E-state index in [1.54, 1.807) is 0 Å². The summed E-state index contributed by atoms with van der Waals surface area (Å²) in [4.78, 5) is 14.4. The highest BCUT2D eigenvalue weighted by molar-refractivity contribution is 5.57. The Morgan fingerprint density at radius 2 is 2.39 bits per heavy atom. The number of hydrogen-bond donors (Lipinski definition) is 2. The lowest BCUT2D eigenvalue weighted by Gasteiger charge is -2.12. The Morgan fingerprint density at radius 3 is 2.94 bits per heavy atom. The third-order valence-electron chi connectivity index (χ3n) is 2.99. The number of nitrogens with one attached hydrogen (secondary N) is 1. The molecule has 1 fully saturated rings. The first-order valence-corrected chi connectivity index (χ1v) is 5.80. The van der Waals surface area contributed by atoms with E-state index in [1.807, 2.05) is 0 Å². The van der Waals surface area contributed by atoms with Crippen LogP contribution >= 0.6 is 0 Å².